The van der Waals surface area contributed by atoms with Gasteiger partial charge in [-0.15, -0.1) is 11.3 Å². The third kappa shape index (κ3) is 5.19. The Morgan fingerprint density at radius 3 is 2.34 bits per heavy atom. The molecule has 0 bridgehead atoms. The number of nitrogens with zero attached hydrogens (tertiary/aromatic N) is 3. The van der Waals surface area contributed by atoms with E-state index in [1.54, 1.807) is 11.7 Å². The number of nitrogens with one attached hydrogen (secondary N) is 1. The number of aromatic nitrogens is 2. The van der Waals surface area contributed by atoms with Crippen molar-refractivity contribution in [3.05, 3.63) is 53.0 Å². The van der Waals surface area contributed by atoms with Crippen molar-refractivity contribution < 1.29 is 9.59 Å². The molecule has 0 saturated carbocycles. The first-order valence-electron chi connectivity index (χ1n) is 10.6. The van der Waals surface area contributed by atoms with Crippen molar-refractivity contribution in [1.29, 1.82) is 0 Å². The van der Waals surface area contributed by atoms with E-state index in [0.29, 0.717) is 28.8 Å². The molecule has 3 rings (SSSR count). The predicted molar refractivity (Wildman–Crippen MR) is 131 cm³/mol. The Morgan fingerprint density at radius 2 is 1.81 bits per heavy atom. The number of urea groups is 1. The molecule has 3 aromatic rings. The highest BCUT2D eigenvalue weighted by Crippen LogP contribution is 2.36. The monoisotopic (exact) mass is 453 g/mol. The second-order valence-electron chi connectivity index (χ2n) is 9.29. The molecule has 0 aliphatic rings. The quantitative estimate of drug-likeness (QED) is 0.547. The van der Waals surface area contributed by atoms with E-state index in [1.807, 2.05) is 41.8 Å². The summed E-state index contributed by atoms with van der Waals surface area (Å²) in [4.78, 5) is 26.1. The van der Waals surface area contributed by atoms with Crippen LogP contribution in [0.4, 0.5) is 15.6 Å². The van der Waals surface area contributed by atoms with Crippen LogP contribution in [-0.2, 0) is 12.5 Å². The predicted octanol–water partition coefficient (Wildman–Crippen LogP) is 5.05. The third-order valence-electron chi connectivity index (χ3n) is 5.03. The van der Waals surface area contributed by atoms with E-state index >= 15 is 0 Å². The minimum atomic E-state index is -0.570. The van der Waals surface area contributed by atoms with E-state index in [4.69, 9.17) is 5.73 Å². The van der Waals surface area contributed by atoms with Gasteiger partial charge in [-0.05, 0) is 35.2 Å². The van der Waals surface area contributed by atoms with Crippen molar-refractivity contribution in [2.75, 3.05) is 11.4 Å². The molecular formula is C24H31N5O2S. The molecule has 0 spiro atoms. The van der Waals surface area contributed by atoms with Crippen LogP contribution in [0.25, 0.3) is 11.1 Å². The number of aryl methyl sites for hydroxylation is 1. The molecule has 32 heavy (non-hydrogen) atoms. The number of hydrogen-bond acceptors (Lipinski definition) is 4. The molecule has 0 radical (unpaired) electrons. The fourth-order valence-electron chi connectivity index (χ4n) is 3.17. The van der Waals surface area contributed by atoms with Gasteiger partial charge < -0.3 is 11.1 Å². The molecule has 0 atom stereocenters. The van der Waals surface area contributed by atoms with E-state index < -0.39 is 6.03 Å². The second kappa shape index (κ2) is 9.16. The summed E-state index contributed by atoms with van der Waals surface area (Å²) in [7, 11) is 1.80. The summed E-state index contributed by atoms with van der Waals surface area (Å²) in [5.41, 5.74) is 9.00. The second-order valence-corrected chi connectivity index (χ2v) is 10.2. The fourth-order valence-corrected chi connectivity index (χ4v) is 4.11. The van der Waals surface area contributed by atoms with Gasteiger partial charge in [-0.2, -0.15) is 5.10 Å². The highest BCUT2D eigenvalue weighted by molar-refractivity contribution is 7.14. The summed E-state index contributed by atoms with van der Waals surface area (Å²) < 4.78 is 1.68. The van der Waals surface area contributed by atoms with Crippen molar-refractivity contribution >= 4 is 34.1 Å². The molecule has 2 aromatic heterocycles. The van der Waals surface area contributed by atoms with Crippen LogP contribution in [0.3, 0.4) is 0 Å². The molecule has 7 nitrogen and oxygen atoms in total. The summed E-state index contributed by atoms with van der Waals surface area (Å²) in [5.74, 6) is 0.935. The maximum atomic E-state index is 12.4. The Hall–Kier alpha value is -3.13. The van der Waals surface area contributed by atoms with Gasteiger partial charge in [0.1, 0.15) is 10.8 Å². The van der Waals surface area contributed by atoms with Crippen LogP contribution in [0.1, 0.15) is 50.7 Å². The Balaban J connectivity index is 1.86. The Morgan fingerprint density at radius 1 is 1.16 bits per heavy atom. The Kier molecular flexibility index (Phi) is 6.74. The zero-order valence-electron chi connectivity index (χ0n) is 19.5. The number of benzene rings is 1. The van der Waals surface area contributed by atoms with Crippen LogP contribution in [0.5, 0.6) is 0 Å². The Bertz CT molecular complexity index is 1110. The smallest absolute Gasteiger partial charge is 0.325 e. The van der Waals surface area contributed by atoms with Gasteiger partial charge in [0.15, 0.2) is 0 Å². The molecule has 0 aliphatic carbocycles. The van der Waals surface area contributed by atoms with Crippen LogP contribution in [-0.4, -0.2) is 28.3 Å². The van der Waals surface area contributed by atoms with Gasteiger partial charge in [0.2, 0.25) is 0 Å². The first-order chi connectivity index (χ1) is 15.0. The van der Waals surface area contributed by atoms with Crippen molar-refractivity contribution in [1.82, 2.24) is 15.1 Å². The van der Waals surface area contributed by atoms with Crippen LogP contribution in [0, 0.1) is 5.92 Å². The normalized spacial score (nSPS) is 11.6. The number of carbonyl (C=O) groups is 2. The van der Waals surface area contributed by atoms with E-state index in [-0.39, 0.29) is 11.3 Å². The van der Waals surface area contributed by atoms with Gasteiger partial charge in [0.25, 0.3) is 5.91 Å². The minimum Gasteiger partial charge on any atom is -0.352 e. The number of rotatable bonds is 6. The van der Waals surface area contributed by atoms with Crippen molar-refractivity contribution in [2.24, 2.45) is 18.7 Å². The zero-order chi connectivity index (χ0) is 23.6. The molecular weight excluding hydrogens is 422 g/mol. The summed E-state index contributed by atoms with van der Waals surface area (Å²) in [6.07, 6.45) is 0. The van der Waals surface area contributed by atoms with Gasteiger partial charge in [-0.1, -0.05) is 46.8 Å². The highest BCUT2D eigenvalue weighted by Gasteiger charge is 2.25. The zero-order valence-corrected chi connectivity index (χ0v) is 20.3. The van der Waals surface area contributed by atoms with Crippen molar-refractivity contribution in [2.45, 2.75) is 40.0 Å². The number of carbonyl (C=O) groups excluding carboxylic acids is 2. The first kappa shape index (κ1) is 23.5. The molecule has 0 saturated heterocycles. The standard InChI is InChI=1S/C24H31N5O2S/c1-15(2)13-26-22(30)17-9-7-16(8-10-17)18-11-21(32-14-18)29(23(25)31)20-12-19(24(3,4)5)27-28(20)6/h7-12,14-15H,13H2,1-6H3,(H2,25,31)(H,26,30). The lowest BCUT2D eigenvalue weighted by atomic mass is 9.92. The molecule has 0 fully saturated rings. The lowest BCUT2D eigenvalue weighted by Crippen LogP contribution is -2.32. The molecule has 0 aliphatic heterocycles. The number of amides is 3. The summed E-state index contributed by atoms with van der Waals surface area (Å²) in [6.45, 7) is 11.0. The van der Waals surface area contributed by atoms with Crippen LogP contribution in [0.2, 0.25) is 0 Å². The van der Waals surface area contributed by atoms with Crippen molar-refractivity contribution in [3.63, 3.8) is 0 Å². The molecule has 2 heterocycles. The lowest BCUT2D eigenvalue weighted by Gasteiger charge is -2.18. The summed E-state index contributed by atoms with van der Waals surface area (Å²) >= 11 is 1.43. The largest absolute Gasteiger partial charge is 0.352 e. The maximum absolute atomic E-state index is 12.4. The van der Waals surface area contributed by atoms with Gasteiger partial charge in [-0.3, -0.25) is 9.48 Å². The van der Waals surface area contributed by atoms with E-state index in [0.717, 1.165) is 16.8 Å². The maximum Gasteiger partial charge on any atom is 0.325 e. The van der Waals surface area contributed by atoms with E-state index in [1.165, 1.54) is 16.2 Å². The van der Waals surface area contributed by atoms with Gasteiger partial charge in [0.05, 0.1) is 5.69 Å². The van der Waals surface area contributed by atoms with Gasteiger partial charge in [-0.25, -0.2) is 9.69 Å². The molecule has 1 aromatic carbocycles. The SMILES string of the molecule is CC(C)CNC(=O)c1ccc(-c2csc(N(C(N)=O)c3cc(C(C)(C)C)nn3C)c2)cc1. The van der Waals surface area contributed by atoms with E-state index in [9.17, 15) is 9.59 Å². The number of primary amides is 1. The van der Waals surface area contributed by atoms with Gasteiger partial charge >= 0.3 is 6.03 Å². The molecule has 8 heteroatoms. The lowest BCUT2D eigenvalue weighted by molar-refractivity contribution is 0.0949. The van der Waals surface area contributed by atoms with Crippen LogP contribution >= 0.6 is 11.3 Å². The van der Waals surface area contributed by atoms with Gasteiger partial charge in [0, 0.05) is 36.0 Å². The third-order valence-corrected chi connectivity index (χ3v) is 5.94. The fraction of sp³-hybridized carbons (Fsp3) is 0.375. The molecule has 3 N–H and O–H groups in total. The Labute approximate surface area is 193 Å². The average molecular weight is 454 g/mol. The molecule has 0 unspecified atom stereocenters. The van der Waals surface area contributed by atoms with Crippen LogP contribution < -0.4 is 16.0 Å². The molecule has 3 amide bonds. The summed E-state index contributed by atoms with van der Waals surface area (Å²) in [5, 5.41) is 10.2. The van der Waals surface area contributed by atoms with E-state index in [2.05, 4.69) is 45.0 Å². The summed E-state index contributed by atoms with van der Waals surface area (Å²) in [6, 6.07) is 10.7. The highest BCUT2D eigenvalue weighted by atomic mass is 32.1. The number of thiophene rings is 1. The average Bonchev–Trinajstić information content (AvgIpc) is 3.34. The van der Waals surface area contributed by atoms with Crippen molar-refractivity contribution in [3.8, 4) is 11.1 Å². The topological polar surface area (TPSA) is 93.2 Å². The number of nitrogens with two attached hydrogens (primary N) is 1. The number of anilines is 2. The minimum absolute atomic E-state index is 0.0815. The van der Waals surface area contributed by atoms with Crippen LogP contribution in [0.15, 0.2) is 41.8 Å². The number of hydrogen-bond donors (Lipinski definition) is 2. The molecule has 170 valence electrons. The first-order valence-corrected chi connectivity index (χ1v) is 11.5.